The first-order valence-corrected chi connectivity index (χ1v) is 6.69. The maximum Gasteiger partial charge on any atom is 0.167 e. The molecule has 2 nitrogen and oxygen atoms in total. The average molecular weight is 317 g/mol. The zero-order valence-corrected chi connectivity index (χ0v) is 12.0. The molecule has 2 rings (SSSR count). The van der Waals surface area contributed by atoms with Gasteiger partial charge >= 0.3 is 0 Å². The van der Waals surface area contributed by atoms with Gasteiger partial charge in [-0.1, -0.05) is 47.3 Å². The van der Waals surface area contributed by atoms with Gasteiger partial charge in [-0.25, -0.2) is 0 Å². The van der Waals surface area contributed by atoms with E-state index < -0.39 is 0 Å². The third-order valence-electron chi connectivity index (χ3n) is 3.17. The first kappa shape index (κ1) is 13.7. The fourth-order valence-corrected chi connectivity index (χ4v) is 2.62. The Labute approximate surface area is 120 Å². The molecule has 3 heteroatoms. The monoisotopic (exact) mass is 316 g/mol. The molecule has 1 aromatic carbocycles. The standard InChI is InChI=1S/C16H13BrO2/c1-3-13-14(4-2)16(19)9-11-7-12(17)6-5-10(11)8-15(13)18/h3-7H,1-2,8-9H2/b14-13-. The molecule has 0 fully saturated rings. The molecule has 1 aliphatic rings. The van der Waals surface area contributed by atoms with E-state index in [2.05, 4.69) is 29.1 Å². The number of carbonyl (C=O) groups is 2. The van der Waals surface area contributed by atoms with Crippen molar-refractivity contribution in [3.63, 3.8) is 0 Å². The minimum atomic E-state index is -0.0997. The number of rotatable bonds is 2. The van der Waals surface area contributed by atoms with Crippen LogP contribution in [0, 0.1) is 0 Å². The first-order chi connectivity index (χ1) is 9.06. The van der Waals surface area contributed by atoms with E-state index in [4.69, 9.17) is 0 Å². The second-order valence-corrected chi connectivity index (χ2v) is 5.26. The molecule has 0 amide bonds. The van der Waals surface area contributed by atoms with Crippen molar-refractivity contribution >= 4 is 27.5 Å². The van der Waals surface area contributed by atoms with Crippen LogP contribution in [-0.2, 0) is 22.4 Å². The summed E-state index contributed by atoms with van der Waals surface area (Å²) in [7, 11) is 0. The van der Waals surface area contributed by atoms with Crippen LogP contribution in [-0.4, -0.2) is 11.6 Å². The number of halogens is 1. The van der Waals surface area contributed by atoms with E-state index in [1.807, 2.05) is 18.2 Å². The van der Waals surface area contributed by atoms with Gasteiger partial charge in [-0.3, -0.25) is 9.59 Å². The molecule has 0 aliphatic heterocycles. The molecule has 1 aromatic rings. The largest absolute Gasteiger partial charge is 0.294 e. The molecule has 0 atom stereocenters. The lowest BCUT2D eigenvalue weighted by molar-refractivity contribution is -0.117. The fraction of sp³-hybridized carbons (Fsp3) is 0.125. The number of hydrogen-bond donors (Lipinski definition) is 0. The van der Waals surface area contributed by atoms with Crippen LogP contribution in [0.4, 0.5) is 0 Å². The lowest BCUT2D eigenvalue weighted by Crippen LogP contribution is -2.18. The van der Waals surface area contributed by atoms with E-state index in [0.29, 0.717) is 11.1 Å². The molecule has 0 N–H and O–H groups in total. The van der Waals surface area contributed by atoms with Crippen molar-refractivity contribution < 1.29 is 9.59 Å². The maximum absolute atomic E-state index is 12.2. The first-order valence-electron chi connectivity index (χ1n) is 5.89. The molecule has 0 radical (unpaired) electrons. The van der Waals surface area contributed by atoms with Crippen LogP contribution in [0.5, 0.6) is 0 Å². The predicted octanol–water partition coefficient (Wildman–Crippen LogP) is 3.35. The molecular formula is C16H13BrO2. The Morgan fingerprint density at radius 3 is 2.00 bits per heavy atom. The van der Waals surface area contributed by atoms with Crippen LogP contribution in [0.15, 0.2) is 59.1 Å². The van der Waals surface area contributed by atoms with Crippen LogP contribution in [0.25, 0.3) is 0 Å². The molecule has 0 aromatic heterocycles. The van der Waals surface area contributed by atoms with E-state index >= 15 is 0 Å². The number of hydrogen-bond acceptors (Lipinski definition) is 2. The van der Waals surface area contributed by atoms with Gasteiger partial charge in [-0.05, 0) is 23.3 Å². The van der Waals surface area contributed by atoms with Gasteiger partial charge in [-0.15, -0.1) is 0 Å². The maximum atomic E-state index is 12.2. The van der Waals surface area contributed by atoms with E-state index in [-0.39, 0.29) is 24.4 Å². The molecule has 0 spiro atoms. The summed E-state index contributed by atoms with van der Waals surface area (Å²) >= 11 is 3.38. The summed E-state index contributed by atoms with van der Waals surface area (Å²) < 4.78 is 0.903. The van der Waals surface area contributed by atoms with Gasteiger partial charge in [0.25, 0.3) is 0 Å². The Bertz CT molecular complexity index is 624. The van der Waals surface area contributed by atoms with E-state index in [1.165, 1.54) is 12.2 Å². The molecule has 0 saturated heterocycles. The second kappa shape index (κ2) is 5.49. The van der Waals surface area contributed by atoms with Gasteiger partial charge in [0.15, 0.2) is 11.6 Å². The second-order valence-electron chi connectivity index (χ2n) is 4.35. The summed E-state index contributed by atoms with van der Waals surface area (Å²) in [4.78, 5) is 24.5. The van der Waals surface area contributed by atoms with Crippen molar-refractivity contribution in [2.24, 2.45) is 0 Å². The normalized spacial score (nSPS) is 19.4. The summed E-state index contributed by atoms with van der Waals surface area (Å²) in [6.45, 7) is 7.25. The van der Waals surface area contributed by atoms with Crippen LogP contribution in [0.3, 0.4) is 0 Å². The average Bonchev–Trinajstić information content (AvgIpc) is 2.37. The molecule has 0 unspecified atom stereocenters. The highest BCUT2D eigenvalue weighted by atomic mass is 79.9. The van der Waals surface area contributed by atoms with E-state index in [0.717, 1.165) is 15.6 Å². The highest BCUT2D eigenvalue weighted by molar-refractivity contribution is 9.10. The number of allylic oxidation sites excluding steroid dienone is 4. The highest BCUT2D eigenvalue weighted by Crippen LogP contribution is 2.24. The van der Waals surface area contributed by atoms with E-state index in [9.17, 15) is 9.59 Å². The van der Waals surface area contributed by atoms with Crippen LogP contribution >= 0.6 is 15.9 Å². The van der Waals surface area contributed by atoms with Gasteiger partial charge in [0.1, 0.15) is 0 Å². The van der Waals surface area contributed by atoms with Gasteiger partial charge in [-0.2, -0.15) is 0 Å². The molecule has 1 aliphatic carbocycles. The Morgan fingerprint density at radius 1 is 0.947 bits per heavy atom. The van der Waals surface area contributed by atoms with Crippen molar-refractivity contribution in [2.45, 2.75) is 12.8 Å². The van der Waals surface area contributed by atoms with Crippen molar-refractivity contribution in [3.05, 3.63) is 70.3 Å². The Hall–Kier alpha value is -1.74. The SMILES string of the molecule is C=C/C1=C(\C=C)C(=O)Cc2cc(Br)ccc2CC1=O. The highest BCUT2D eigenvalue weighted by Gasteiger charge is 2.22. The minimum absolute atomic E-state index is 0.0958. The minimum Gasteiger partial charge on any atom is -0.294 e. The lowest BCUT2D eigenvalue weighted by atomic mass is 9.87. The van der Waals surface area contributed by atoms with Gasteiger partial charge in [0.2, 0.25) is 0 Å². The third-order valence-corrected chi connectivity index (χ3v) is 3.66. The topological polar surface area (TPSA) is 34.1 Å². The number of benzene rings is 1. The van der Waals surface area contributed by atoms with Gasteiger partial charge in [0.05, 0.1) is 0 Å². The fourth-order valence-electron chi connectivity index (χ4n) is 2.22. The Balaban J connectivity index is 2.59. The molecular weight excluding hydrogens is 304 g/mol. The van der Waals surface area contributed by atoms with Crippen molar-refractivity contribution in [1.29, 1.82) is 0 Å². The number of Topliss-reactive ketones (excluding diaryl/α,β-unsaturated/α-hetero) is 2. The third kappa shape index (κ3) is 2.66. The summed E-state index contributed by atoms with van der Waals surface area (Å²) in [5.41, 5.74) is 2.51. The summed E-state index contributed by atoms with van der Waals surface area (Å²) in [6, 6.07) is 5.65. The molecule has 0 bridgehead atoms. The summed E-state index contributed by atoms with van der Waals surface area (Å²) in [6.07, 6.45) is 3.46. The smallest absolute Gasteiger partial charge is 0.167 e. The lowest BCUT2D eigenvalue weighted by Gasteiger charge is -2.15. The molecule has 19 heavy (non-hydrogen) atoms. The molecule has 96 valence electrons. The van der Waals surface area contributed by atoms with E-state index in [1.54, 1.807) is 0 Å². The van der Waals surface area contributed by atoms with Crippen LogP contribution < -0.4 is 0 Å². The van der Waals surface area contributed by atoms with Gasteiger partial charge < -0.3 is 0 Å². The Morgan fingerprint density at radius 2 is 1.47 bits per heavy atom. The zero-order chi connectivity index (χ0) is 14.0. The predicted molar refractivity (Wildman–Crippen MR) is 79.0 cm³/mol. The van der Waals surface area contributed by atoms with Crippen molar-refractivity contribution in [2.75, 3.05) is 0 Å². The number of ketones is 2. The summed E-state index contributed by atoms with van der Waals surface area (Å²) in [5, 5.41) is 0. The quantitative estimate of drug-likeness (QED) is 0.838. The van der Waals surface area contributed by atoms with Crippen LogP contribution in [0.2, 0.25) is 0 Å². The molecule has 0 heterocycles. The Kier molecular flexibility index (Phi) is 3.96. The molecule has 0 saturated carbocycles. The van der Waals surface area contributed by atoms with Crippen molar-refractivity contribution in [3.8, 4) is 0 Å². The van der Waals surface area contributed by atoms with Crippen LogP contribution in [0.1, 0.15) is 11.1 Å². The zero-order valence-electron chi connectivity index (χ0n) is 10.4. The van der Waals surface area contributed by atoms with Crippen molar-refractivity contribution in [1.82, 2.24) is 0 Å². The summed E-state index contributed by atoms with van der Waals surface area (Å²) in [5.74, 6) is -0.196. The van der Waals surface area contributed by atoms with Gasteiger partial charge in [0, 0.05) is 28.5 Å². The number of carbonyl (C=O) groups excluding carboxylic acids is 2. The number of fused-ring (bicyclic) bond motifs is 1.